The van der Waals surface area contributed by atoms with Gasteiger partial charge in [0, 0.05) is 12.6 Å². The van der Waals surface area contributed by atoms with Crippen molar-refractivity contribution in [2.45, 2.75) is 37.5 Å². The third-order valence-electron chi connectivity index (χ3n) is 6.20. The molecule has 1 saturated heterocycles. The maximum Gasteiger partial charge on any atom is 0.419 e. The van der Waals surface area contributed by atoms with Crippen molar-refractivity contribution in [3.05, 3.63) is 65.0 Å². The number of nitrogens with zero attached hydrogens (tertiary/aromatic N) is 4. The summed E-state index contributed by atoms with van der Waals surface area (Å²) in [6, 6.07) is 8.16. The highest BCUT2D eigenvalue weighted by molar-refractivity contribution is 6.23. The summed E-state index contributed by atoms with van der Waals surface area (Å²) in [4.78, 5) is 43.5. The molecular weight excluding hydrogens is 465 g/mol. The number of ether oxygens (including phenoxy) is 1. The highest BCUT2D eigenvalue weighted by Crippen LogP contribution is 2.46. The number of esters is 1. The Labute approximate surface area is 198 Å². The van der Waals surface area contributed by atoms with Gasteiger partial charge in [-0.2, -0.15) is 18.4 Å². The smallest absolute Gasteiger partial charge is 0.419 e. The van der Waals surface area contributed by atoms with Gasteiger partial charge < -0.3 is 9.64 Å². The first kappa shape index (κ1) is 23.9. The molecule has 1 aliphatic carbocycles. The molecule has 4 rings (SSSR count). The van der Waals surface area contributed by atoms with Crippen LogP contribution in [-0.4, -0.2) is 40.4 Å². The molecule has 1 aromatic heterocycles. The lowest BCUT2D eigenvalue weighted by atomic mass is 9.75. The molecule has 0 unspecified atom stereocenters. The number of amides is 3. The zero-order valence-corrected chi connectivity index (χ0v) is 18.5. The van der Waals surface area contributed by atoms with Crippen molar-refractivity contribution < 1.29 is 32.3 Å². The van der Waals surface area contributed by atoms with Crippen LogP contribution >= 0.6 is 0 Å². The number of urea groups is 1. The summed E-state index contributed by atoms with van der Waals surface area (Å²) >= 11 is 0. The number of methoxy groups -OCH3 is 1. The first-order chi connectivity index (χ1) is 16.6. The lowest BCUT2D eigenvalue weighted by Crippen LogP contribution is -2.54. The number of imide groups is 1. The number of carbonyl (C=O) groups excluding carboxylic acids is 3. The Balaban J connectivity index is 1.63. The fourth-order valence-corrected chi connectivity index (χ4v) is 4.19. The number of pyridine rings is 1. The number of hydrogen-bond donors (Lipinski definition) is 0. The summed E-state index contributed by atoms with van der Waals surface area (Å²) in [5.74, 6) is -1.11. The van der Waals surface area contributed by atoms with Crippen LogP contribution in [0, 0.1) is 11.3 Å². The molecule has 2 fully saturated rings. The van der Waals surface area contributed by atoms with Crippen LogP contribution in [0.2, 0.25) is 0 Å². The lowest BCUT2D eigenvalue weighted by molar-refractivity contribution is -0.138. The van der Waals surface area contributed by atoms with Crippen LogP contribution in [0.5, 0.6) is 0 Å². The van der Waals surface area contributed by atoms with E-state index in [2.05, 4.69) is 9.72 Å². The van der Waals surface area contributed by atoms with Gasteiger partial charge in [-0.05, 0) is 42.5 Å². The van der Waals surface area contributed by atoms with Crippen molar-refractivity contribution in [3.63, 3.8) is 0 Å². The molecule has 8 nitrogen and oxygen atoms in total. The van der Waals surface area contributed by atoms with Crippen LogP contribution in [0.25, 0.3) is 6.08 Å². The van der Waals surface area contributed by atoms with Gasteiger partial charge >= 0.3 is 18.2 Å². The highest BCUT2D eigenvalue weighted by Gasteiger charge is 2.60. The molecular formula is C24H19F3N4O4. The largest absolute Gasteiger partial charge is 0.466 e. The second-order valence-electron chi connectivity index (χ2n) is 8.19. The van der Waals surface area contributed by atoms with E-state index in [9.17, 15) is 27.6 Å². The van der Waals surface area contributed by atoms with Gasteiger partial charge in [-0.15, -0.1) is 0 Å². The Kier molecular flexibility index (Phi) is 6.06. The van der Waals surface area contributed by atoms with E-state index in [4.69, 9.17) is 5.26 Å². The van der Waals surface area contributed by atoms with Crippen molar-refractivity contribution in [1.29, 1.82) is 5.26 Å². The van der Waals surface area contributed by atoms with Gasteiger partial charge in [0.2, 0.25) is 0 Å². The van der Waals surface area contributed by atoms with Gasteiger partial charge in [0.05, 0.1) is 24.6 Å². The molecule has 2 aliphatic rings. The van der Waals surface area contributed by atoms with Crippen molar-refractivity contribution in [3.8, 4) is 6.07 Å². The average Bonchev–Trinajstić information content (AvgIpc) is 3.03. The summed E-state index contributed by atoms with van der Waals surface area (Å²) in [7, 11) is 1.27. The topological polar surface area (TPSA) is 104 Å². The monoisotopic (exact) mass is 484 g/mol. The van der Waals surface area contributed by atoms with Crippen LogP contribution in [0.4, 0.5) is 23.7 Å². The van der Waals surface area contributed by atoms with Crippen molar-refractivity contribution >= 4 is 29.7 Å². The first-order valence-electron chi connectivity index (χ1n) is 10.6. The number of benzene rings is 1. The molecule has 1 aromatic carbocycles. The molecule has 35 heavy (non-hydrogen) atoms. The number of rotatable bonds is 5. The third kappa shape index (κ3) is 4.23. The van der Waals surface area contributed by atoms with E-state index in [1.165, 1.54) is 24.2 Å². The molecule has 11 heteroatoms. The molecule has 0 N–H and O–H groups in total. The molecule has 0 atom stereocenters. The molecule has 3 amide bonds. The number of anilines is 1. The Hall–Kier alpha value is -4.20. The fraction of sp³-hybridized carbons (Fsp3) is 0.292. The number of carbonyl (C=O) groups is 3. The number of nitriles is 1. The Bertz CT molecular complexity index is 1260. The second kappa shape index (κ2) is 8.87. The summed E-state index contributed by atoms with van der Waals surface area (Å²) < 4.78 is 44.8. The second-order valence-corrected chi connectivity index (χ2v) is 8.19. The lowest BCUT2D eigenvalue weighted by Gasteiger charge is -2.42. The summed E-state index contributed by atoms with van der Waals surface area (Å²) in [6.45, 7) is 0.0674. The normalized spacial score (nSPS) is 17.1. The van der Waals surface area contributed by atoms with E-state index >= 15 is 0 Å². The minimum Gasteiger partial charge on any atom is -0.466 e. The fourth-order valence-electron chi connectivity index (χ4n) is 4.19. The highest BCUT2D eigenvalue weighted by atomic mass is 19.4. The molecule has 180 valence electrons. The van der Waals surface area contributed by atoms with Gasteiger partial charge in [0.25, 0.3) is 5.91 Å². The van der Waals surface area contributed by atoms with Gasteiger partial charge in [-0.3, -0.25) is 4.79 Å². The summed E-state index contributed by atoms with van der Waals surface area (Å²) in [6.07, 6.45) is 0.360. The van der Waals surface area contributed by atoms with Crippen LogP contribution in [0.3, 0.4) is 0 Å². The van der Waals surface area contributed by atoms with Crippen LogP contribution in [0.15, 0.2) is 42.6 Å². The maximum absolute atomic E-state index is 13.4. The van der Waals surface area contributed by atoms with E-state index in [0.717, 1.165) is 11.1 Å². The molecule has 1 saturated carbocycles. The van der Waals surface area contributed by atoms with E-state index < -0.39 is 40.9 Å². The third-order valence-corrected chi connectivity index (χ3v) is 6.20. The summed E-state index contributed by atoms with van der Waals surface area (Å²) in [5, 5.41) is 8.98. The maximum atomic E-state index is 13.4. The first-order valence-corrected chi connectivity index (χ1v) is 10.6. The van der Waals surface area contributed by atoms with Gasteiger partial charge in [0.15, 0.2) is 5.69 Å². The predicted octanol–water partition coefficient (Wildman–Crippen LogP) is 4.05. The predicted molar refractivity (Wildman–Crippen MR) is 116 cm³/mol. The number of aromatic nitrogens is 1. The zero-order valence-electron chi connectivity index (χ0n) is 18.5. The van der Waals surface area contributed by atoms with E-state index in [-0.39, 0.29) is 12.2 Å². The van der Waals surface area contributed by atoms with Crippen molar-refractivity contribution in [2.75, 3.05) is 12.0 Å². The van der Waals surface area contributed by atoms with Crippen molar-refractivity contribution in [1.82, 2.24) is 9.88 Å². The molecule has 0 bridgehead atoms. The van der Waals surface area contributed by atoms with Crippen molar-refractivity contribution in [2.24, 2.45) is 0 Å². The molecule has 2 aromatic rings. The van der Waals surface area contributed by atoms with Gasteiger partial charge in [-0.1, -0.05) is 24.3 Å². The van der Waals surface area contributed by atoms with E-state index in [1.807, 2.05) is 0 Å². The Morgan fingerprint density at radius 3 is 2.49 bits per heavy atom. The Morgan fingerprint density at radius 2 is 1.94 bits per heavy atom. The van der Waals surface area contributed by atoms with E-state index in [1.54, 1.807) is 30.3 Å². The van der Waals surface area contributed by atoms with Crippen LogP contribution in [0.1, 0.15) is 41.6 Å². The number of halogens is 3. The van der Waals surface area contributed by atoms with E-state index in [0.29, 0.717) is 36.5 Å². The van der Waals surface area contributed by atoms with Crippen LogP contribution in [-0.2, 0) is 27.0 Å². The number of hydrogen-bond acceptors (Lipinski definition) is 6. The minimum absolute atomic E-state index is 0.0674. The van der Waals surface area contributed by atoms with Gasteiger partial charge in [0.1, 0.15) is 11.6 Å². The Morgan fingerprint density at radius 1 is 1.26 bits per heavy atom. The molecule has 2 heterocycles. The summed E-state index contributed by atoms with van der Waals surface area (Å²) in [5.41, 5.74) is -2.20. The van der Waals surface area contributed by atoms with Gasteiger partial charge in [-0.25, -0.2) is 19.5 Å². The van der Waals surface area contributed by atoms with Crippen LogP contribution < -0.4 is 4.90 Å². The minimum atomic E-state index is -4.88. The standard InChI is InChI=1S/C24H19F3N4O4/c1-35-20(32)8-7-15-3-5-16(6-4-15)14-30-22(34)31(21(33)23(30)9-2-10-23)17-11-18(24(25,26)27)19(12-28)29-13-17/h3-8,11,13H,2,9-10,14H2,1H3/b8-7+. The zero-order chi connectivity index (χ0) is 25.4. The molecule has 1 spiro atoms. The quantitative estimate of drug-likeness (QED) is 0.360. The molecule has 0 radical (unpaired) electrons. The average molecular weight is 484 g/mol. The SMILES string of the molecule is COC(=O)/C=C/c1ccc(CN2C(=O)N(c3cnc(C#N)c(C(F)(F)F)c3)C(=O)C23CCC3)cc1. The molecule has 1 aliphatic heterocycles. The number of alkyl halides is 3.